The van der Waals surface area contributed by atoms with Crippen molar-refractivity contribution in [2.45, 2.75) is 70.8 Å². The van der Waals surface area contributed by atoms with Crippen molar-refractivity contribution < 1.29 is 27.9 Å². The van der Waals surface area contributed by atoms with Crippen LogP contribution in [-0.4, -0.2) is 48.6 Å². The van der Waals surface area contributed by atoms with Crippen molar-refractivity contribution in [1.82, 2.24) is 14.6 Å². The summed E-state index contributed by atoms with van der Waals surface area (Å²) in [5.74, 6) is -0.323. The van der Waals surface area contributed by atoms with Gasteiger partial charge in [-0.25, -0.2) is 9.19 Å². The first-order valence-corrected chi connectivity index (χ1v) is 14.6. The van der Waals surface area contributed by atoms with E-state index in [0.29, 0.717) is 53.8 Å². The molecule has 3 N–H and O–H groups in total. The predicted octanol–water partition coefficient (Wildman–Crippen LogP) is 5.40. The average Bonchev–Trinajstić information content (AvgIpc) is 3.52. The summed E-state index contributed by atoms with van der Waals surface area (Å²) >= 11 is -2.25. The molecule has 1 aromatic carbocycles. The summed E-state index contributed by atoms with van der Waals surface area (Å²) < 4.78 is 30.0. The highest BCUT2D eigenvalue weighted by molar-refractivity contribution is 7.76. The second kappa shape index (κ2) is 11.2. The number of pyridine rings is 1. The van der Waals surface area contributed by atoms with Crippen LogP contribution in [0.5, 0.6) is 0 Å². The molecular weight excluding hydrogens is 518 g/mol. The maximum absolute atomic E-state index is 13.0. The van der Waals surface area contributed by atoms with Crippen molar-refractivity contribution in [1.29, 1.82) is 0 Å². The molecule has 1 atom stereocenters. The molecule has 0 saturated heterocycles. The molecule has 2 heterocycles. The number of carbonyl (C=O) groups excluding carboxylic acids is 1. The molecule has 39 heavy (non-hydrogen) atoms. The molecule has 2 aliphatic carbocycles. The third-order valence-electron chi connectivity index (χ3n) is 8.20. The lowest BCUT2D eigenvalue weighted by Gasteiger charge is -2.25. The quantitative estimate of drug-likeness (QED) is 0.271. The van der Waals surface area contributed by atoms with Gasteiger partial charge in [0.15, 0.2) is 0 Å². The van der Waals surface area contributed by atoms with E-state index in [0.717, 1.165) is 42.4 Å². The van der Waals surface area contributed by atoms with E-state index >= 15 is 0 Å². The maximum Gasteiger partial charge on any atom is 0.309 e. The van der Waals surface area contributed by atoms with Crippen LogP contribution in [0.25, 0.3) is 22.4 Å². The fourth-order valence-electron chi connectivity index (χ4n) is 5.80. The summed E-state index contributed by atoms with van der Waals surface area (Å²) in [6.07, 6.45) is 6.08. The van der Waals surface area contributed by atoms with Gasteiger partial charge in [-0.05, 0) is 63.0 Å². The molecule has 3 aromatic rings. The van der Waals surface area contributed by atoms with Gasteiger partial charge in [0, 0.05) is 19.2 Å². The van der Waals surface area contributed by atoms with Gasteiger partial charge in [-0.3, -0.25) is 14.1 Å². The van der Waals surface area contributed by atoms with Gasteiger partial charge in [0.05, 0.1) is 28.6 Å². The Hall–Kier alpha value is -3.08. The number of aryl methyl sites for hydroxylation is 1. The monoisotopic (exact) mass is 553 g/mol. The zero-order valence-corrected chi connectivity index (χ0v) is 23.2. The third-order valence-corrected chi connectivity index (χ3v) is 8.96. The van der Waals surface area contributed by atoms with Crippen molar-refractivity contribution in [2.75, 3.05) is 13.6 Å². The van der Waals surface area contributed by atoms with Crippen LogP contribution >= 0.6 is 0 Å². The number of furan rings is 1. The average molecular weight is 554 g/mol. The zero-order chi connectivity index (χ0) is 27.7. The topological polar surface area (TPSA) is 133 Å². The minimum atomic E-state index is -2.25. The van der Waals surface area contributed by atoms with Crippen LogP contribution in [0, 0.1) is 12.3 Å². The molecule has 2 aliphatic rings. The SMILES string of the molecule is CNC(=O)c1c(-c2ccc(C)cc2)oc2nc(CN(CCCC3(C(=O)O)CCCC3)S(=O)O)c(C3CC3)cc12. The Morgan fingerprint density at radius 1 is 1.21 bits per heavy atom. The summed E-state index contributed by atoms with van der Waals surface area (Å²) in [5, 5.41) is 13.1. The molecule has 0 bridgehead atoms. The molecule has 1 amide bonds. The summed E-state index contributed by atoms with van der Waals surface area (Å²) in [6.45, 7) is 2.39. The highest BCUT2D eigenvalue weighted by Crippen LogP contribution is 2.45. The minimum absolute atomic E-state index is 0.126. The number of amides is 1. The Morgan fingerprint density at radius 3 is 2.49 bits per heavy atom. The Kier molecular flexibility index (Phi) is 7.89. The summed E-state index contributed by atoms with van der Waals surface area (Å²) in [7, 11) is 1.58. The van der Waals surface area contributed by atoms with Crippen molar-refractivity contribution in [3.05, 3.63) is 52.7 Å². The first-order chi connectivity index (χ1) is 18.7. The highest BCUT2D eigenvalue weighted by atomic mass is 32.2. The lowest BCUT2D eigenvalue weighted by Crippen LogP contribution is -2.31. The number of aromatic nitrogens is 1. The molecule has 1 unspecified atom stereocenters. The second-order valence-corrected chi connectivity index (χ2v) is 11.9. The van der Waals surface area contributed by atoms with Gasteiger partial charge in [-0.1, -0.05) is 42.7 Å². The lowest BCUT2D eigenvalue weighted by atomic mass is 9.81. The molecule has 0 spiro atoms. The van der Waals surface area contributed by atoms with Gasteiger partial charge in [0.1, 0.15) is 5.76 Å². The van der Waals surface area contributed by atoms with E-state index in [1.807, 2.05) is 37.3 Å². The fraction of sp³-hybridized carbons (Fsp3) is 0.483. The minimum Gasteiger partial charge on any atom is -0.481 e. The summed E-state index contributed by atoms with van der Waals surface area (Å²) in [6, 6.07) is 9.69. The Bertz CT molecular complexity index is 1410. The number of rotatable bonds is 11. The Labute approximate surface area is 230 Å². The van der Waals surface area contributed by atoms with E-state index in [4.69, 9.17) is 9.40 Å². The highest BCUT2D eigenvalue weighted by Gasteiger charge is 2.40. The lowest BCUT2D eigenvalue weighted by molar-refractivity contribution is -0.149. The first-order valence-electron chi connectivity index (χ1n) is 13.6. The van der Waals surface area contributed by atoms with Gasteiger partial charge in [0.25, 0.3) is 5.91 Å². The van der Waals surface area contributed by atoms with Crippen LogP contribution < -0.4 is 5.32 Å². The third kappa shape index (κ3) is 5.64. The van der Waals surface area contributed by atoms with Gasteiger partial charge >= 0.3 is 5.97 Å². The van der Waals surface area contributed by atoms with Gasteiger partial charge in [0.2, 0.25) is 17.0 Å². The van der Waals surface area contributed by atoms with Crippen LogP contribution in [0.15, 0.2) is 34.7 Å². The largest absolute Gasteiger partial charge is 0.481 e. The molecule has 2 aromatic heterocycles. The molecule has 10 heteroatoms. The van der Waals surface area contributed by atoms with E-state index in [1.165, 1.54) is 4.31 Å². The molecule has 5 rings (SSSR count). The number of carboxylic acid groups (broad SMARTS) is 1. The zero-order valence-electron chi connectivity index (χ0n) is 22.4. The van der Waals surface area contributed by atoms with E-state index in [2.05, 4.69) is 5.32 Å². The number of carboxylic acids is 1. The van der Waals surface area contributed by atoms with Crippen LogP contribution in [0.4, 0.5) is 0 Å². The van der Waals surface area contributed by atoms with Crippen molar-refractivity contribution in [3.8, 4) is 11.3 Å². The van der Waals surface area contributed by atoms with E-state index in [1.54, 1.807) is 7.05 Å². The van der Waals surface area contributed by atoms with Crippen LogP contribution in [0.2, 0.25) is 0 Å². The smallest absolute Gasteiger partial charge is 0.309 e. The molecule has 0 radical (unpaired) electrons. The molecule has 2 saturated carbocycles. The number of hydrogen-bond donors (Lipinski definition) is 3. The number of nitrogens with one attached hydrogen (secondary N) is 1. The van der Waals surface area contributed by atoms with Crippen LogP contribution in [-0.2, 0) is 22.6 Å². The van der Waals surface area contributed by atoms with Gasteiger partial charge in [-0.2, -0.15) is 4.31 Å². The molecular formula is C29H35N3O6S. The van der Waals surface area contributed by atoms with E-state index in [-0.39, 0.29) is 24.9 Å². The van der Waals surface area contributed by atoms with E-state index in [9.17, 15) is 23.5 Å². The molecule has 2 fully saturated rings. The Morgan fingerprint density at radius 2 is 1.90 bits per heavy atom. The maximum atomic E-state index is 13.0. The normalized spacial score (nSPS) is 17.5. The molecule has 9 nitrogen and oxygen atoms in total. The number of fused-ring (bicyclic) bond motifs is 1. The van der Waals surface area contributed by atoms with Crippen molar-refractivity contribution in [3.63, 3.8) is 0 Å². The second-order valence-electron chi connectivity index (χ2n) is 10.9. The van der Waals surface area contributed by atoms with Crippen molar-refractivity contribution in [2.24, 2.45) is 5.41 Å². The van der Waals surface area contributed by atoms with Crippen molar-refractivity contribution >= 4 is 34.2 Å². The van der Waals surface area contributed by atoms with Crippen LogP contribution in [0.3, 0.4) is 0 Å². The number of hydrogen-bond acceptors (Lipinski definition) is 5. The van der Waals surface area contributed by atoms with E-state index < -0.39 is 22.7 Å². The number of carbonyl (C=O) groups is 2. The standard InChI is InChI=1S/C29H35N3O6S/c1-18-6-8-20(9-7-18)25-24(26(33)30-2)22-16-21(19-10-11-19)23(31-27(22)38-25)17-32(39(36)37)15-5-14-29(28(34)35)12-3-4-13-29/h6-9,16,19H,3-5,10-15,17H2,1-2H3,(H,30,33)(H,34,35)(H,36,37). The summed E-state index contributed by atoms with van der Waals surface area (Å²) in [4.78, 5) is 29.7. The fourth-order valence-corrected chi connectivity index (χ4v) is 6.32. The number of benzene rings is 1. The van der Waals surface area contributed by atoms with Gasteiger partial charge in [-0.15, -0.1) is 0 Å². The predicted molar refractivity (Wildman–Crippen MR) is 148 cm³/mol. The molecule has 208 valence electrons. The number of nitrogens with zero attached hydrogens (tertiary/aromatic N) is 2. The Balaban J connectivity index is 1.47. The number of aliphatic carboxylic acids is 1. The first kappa shape index (κ1) is 27.5. The van der Waals surface area contributed by atoms with Gasteiger partial charge < -0.3 is 14.8 Å². The molecule has 0 aliphatic heterocycles. The van der Waals surface area contributed by atoms with Crippen LogP contribution in [0.1, 0.15) is 84.5 Å². The summed E-state index contributed by atoms with van der Waals surface area (Å²) in [5.41, 5.74) is 3.47.